The lowest BCUT2D eigenvalue weighted by Gasteiger charge is -2.14. The maximum atomic E-state index is 12.8. The van der Waals surface area contributed by atoms with Gasteiger partial charge in [0, 0.05) is 5.56 Å². The summed E-state index contributed by atoms with van der Waals surface area (Å²) in [7, 11) is 1.43. The van der Waals surface area contributed by atoms with Gasteiger partial charge in [-0.05, 0) is 42.5 Å². The molecule has 2 amide bonds. The van der Waals surface area contributed by atoms with Crippen LogP contribution in [-0.4, -0.2) is 25.5 Å². The van der Waals surface area contributed by atoms with Crippen molar-refractivity contribution >= 4 is 29.1 Å². The number of hydrogen-bond acceptors (Lipinski definition) is 5. The summed E-state index contributed by atoms with van der Waals surface area (Å²) in [5.74, 6) is 0.504. The Balaban J connectivity index is 1.79. The molecule has 0 saturated heterocycles. The molecule has 0 aliphatic rings. The summed E-state index contributed by atoms with van der Waals surface area (Å²) in [5.41, 5.74) is 5.88. The van der Waals surface area contributed by atoms with Gasteiger partial charge in [0.05, 0.1) is 17.8 Å². The lowest BCUT2D eigenvalue weighted by Crippen LogP contribution is -2.20. The number of amides is 2. The summed E-state index contributed by atoms with van der Waals surface area (Å²) in [5, 5.41) is 3.26. The zero-order valence-electron chi connectivity index (χ0n) is 16.1. The smallest absolute Gasteiger partial charge is 0.255 e. The maximum absolute atomic E-state index is 12.8. The minimum atomic E-state index is -0.617. The molecule has 7 nitrogen and oxygen atoms in total. The minimum Gasteiger partial charge on any atom is -0.493 e. The van der Waals surface area contributed by atoms with Crippen LogP contribution in [0.1, 0.15) is 10.4 Å². The SMILES string of the molecule is COc1cc(C(=O)Nc2ccccc2Oc2ccccc2Cl)ccc1OCC(N)=O. The van der Waals surface area contributed by atoms with Crippen molar-refractivity contribution in [1.82, 2.24) is 0 Å². The van der Waals surface area contributed by atoms with Crippen molar-refractivity contribution in [2.75, 3.05) is 19.0 Å². The Bertz CT molecular complexity index is 1070. The summed E-state index contributed by atoms with van der Waals surface area (Å²) in [6.07, 6.45) is 0. The zero-order chi connectivity index (χ0) is 21.5. The van der Waals surface area contributed by atoms with Crippen LogP contribution in [0, 0.1) is 0 Å². The van der Waals surface area contributed by atoms with Crippen molar-refractivity contribution in [2.24, 2.45) is 5.73 Å². The summed E-state index contributed by atoms with van der Waals surface area (Å²) in [6, 6.07) is 18.6. The summed E-state index contributed by atoms with van der Waals surface area (Å²) in [4.78, 5) is 23.7. The van der Waals surface area contributed by atoms with E-state index in [0.29, 0.717) is 39.3 Å². The molecule has 0 atom stereocenters. The molecule has 0 saturated carbocycles. The largest absolute Gasteiger partial charge is 0.493 e. The predicted molar refractivity (Wildman–Crippen MR) is 114 cm³/mol. The van der Waals surface area contributed by atoms with Gasteiger partial charge in [0.2, 0.25) is 0 Å². The van der Waals surface area contributed by atoms with Crippen molar-refractivity contribution in [1.29, 1.82) is 0 Å². The van der Waals surface area contributed by atoms with Crippen LogP contribution in [0.3, 0.4) is 0 Å². The first-order valence-electron chi connectivity index (χ1n) is 8.90. The Morgan fingerprint density at radius 1 is 0.933 bits per heavy atom. The lowest BCUT2D eigenvalue weighted by molar-refractivity contribution is -0.119. The fraction of sp³-hybridized carbons (Fsp3) is 0.0909. The van der Waals surface area contributed by atoms with E-state index < -0.39 is 5.91 Å². The molecule has 0 heterocycles. The van der Waals surface area contributed by atoms with Crippen molar-refractivity contribution < 1.29 is 23.8 Å². The van der Waals surface area contributed by atoms with Crippen LogP contribution in [0.2, 0.25) is 5.02 Å². The summed E-state index contributed by atoms with van der Waals surface area (Å²) in [6.45, 7) is -0.297. The van der Waals surface area contributed by atoms with E-state index in [1.807, 2.05) is 0 Å². The number of halogens is 1. The molecular weight excluding hydrogens is 408 g/mol. The number of hydrogen-bond donors (Lipinski definition) is 2. The van der Waals surface area contributed by atoms with E-state index in [0.717, 1.165) is 0 Å². The van der Waals surface area contributed by atoms with E-state index in [2.05, 4.69) is 5.32 Å². The first-order valence-corrected chi connectivity index (χ1v) is 9.27. The molecule has 0 bridgehead atoms. The second-order valence-corrected chi connectivity index (χ2v) is 6.51. The maximum Gasteiger partial charge on any atom is 0.255 e. The van der Waals surface area contributed by atoms with Crippen LogP contribution in [0.4, 0.5) is 5.69 Å². The topological polar surface area (TPSA) is 99.9 Å². The fourth-order valence-corrected chi connectivity index (χ4v) is 2.75. The van der Waals surface area contributed by atoms with Gasteiger partial charge >= 0.3 is 0 Å². The van der Waals surface area contributed by atoms with Gasteiger partial charge in [-0.2, -0.15) is 0 Å². The average Bonchev–Trinajstić information content (AvgIpc) is 2.75. The van der Waals surface area contributed by atoms with E-state index in [4.69, 9.17) is 31.5 Å². The highest BCUT2D eigenvalue weighted by molar-refractivity contribution is 6.32. The number of carbonyl (C=O) groups is 2. The van der Waals surface area contributed by atoms with E-state index in [1.54, 1.807) is 54.6 Å². The number of carbonyl (C=O) groups excluding carboxylic acids is 2. The number of para-hydroxylation sites is 3. The van der Waals surface area contributed by atoms with Crippen LogP contribution in [0.5, 0.6) is 23.0 Å². The van der Waals surface area contributed by atoms with Crippen LogP contribution < -0.4 is 25.3 Å². The van der Waals surface area contributed by atoms with E-state index in [1.165, 1.54) is 19.2 Å². The van der Waals surface area contributed by atoms with Gasteiger partial charge in [-0.25, -0.2) is 0 Å². The second kappa shape index (κ2) is 9.67. The molecule has 0 radical (unpaired) electrons. The summed E-state index contributed by atoms with van der Waals surface area (Å²) < 4.78 is 16.4. The number of primary amides is 1. The van der Waals surface area contributed by atoms with E-state index in [9.17, 15) is 9.59 Å². The quantitative estimate of drug-likeness (QED) is 0.560. The lowest BCUT2D eigenvalue weighted by atomic mass is 10.1. The third-order valence-corrected chi connectivity index (χ3v) is 4.30. The highest BCUT2D eigenvalue weighted by atomic mass is 35.5. The number of nitrogens with two attached hydrogens (primary N) is 1. The molecule has 0 aliphatic heterocycles. The molecule has 30 heavy (non-hydrogen) atoms. The first-order chi connectivity index (χ1) is 14.5. The van der Waals surface area contributed by atoms with Gasteiger partial charge in [-0.1, -0.05) is 35.9 Å². The number of benzene rings is 3. The first kappa shape index (κ1) is 21.0. The Morgan fingerprint density at radius 2 is 1.63 bits per heavy atom. The number of anilines is 1. The van der Waals surface area contributed by atoms with Crippen LogP contribution in [-0.2, 0) is 4.79 Å². The van der Waals surface area contributed by atoms with Gasteiger partial charge in [0.25, 0.3) is 11.8 Å². The highest BCUT2D eigenvalue weighted by Gasteiger charge is 2.15. The van der Waals surface area contributed by atoms with Crippen molar-refractivity contribution in [3.05, 3.63) is 77.3 Å². The summed E-state index contributed by atoms with van der Waals surface area (Å²) >= 11 is 6.15. The number of nitrogens with one attached hydrogen (secondary N) is 1. The molecule has 0 unspecified atom stereocenters. The van der Waals surface area contributed by atoms with Gasteiger partial charge < -0.3 is 25.3 Å². The molecule has 3 rings (SSSR count). The Labute approximate surface area is 178 Å². The van der Waals surface area contributed by atoms with Crippen LogP contribution in [0.15, 0.2) is 66.7 Å². The monoisotopic (exact) mass is 426 g/mol. The molecule has 3 aromatic carbocycles. The van der Waals surface area contributed by atoms with E-state index in [-0.39, 0.29) is 12.5 Å². The van der Waals surface area contributed by atoms with Crippen molar-refractivity contribution in [2.45, 2.75) is 0 Å². The number of ether oxygens (including phenoxy) is 3. The van der Waals surface area contributed by atoms with Crippen molar-refractivity contribution in [3.63, 3.8) is 0 Å². The Kier molecular flexibility index (Phi) is 6.77. The second-order valence-electron chi connectivity index (χ2n) is 6.10. The van der Waals surface area contributed by atoms with Gasteiger partial charge in [0.15, 0.2) is 23.9 Å². The standard InChI is InChI=1S/C22H19ClN2O5/c1-28-20-12-14(10-11-19(20)29-13-21(24)26)22(27)25-16-7-3-5-9-18(16)30-17-8-4-2-6-15(17)23/h2-12H,13H2,1H3,(H2,24,26)(H,25,27). The third-order valence-electron chi connectivity index (χ3n) is 3.99. The van der Waals surface area contributed by atoms with Crippen molar-refractivity contribution in [3.8, 4) is 23.0 Å². The molecule has 0 aliphatic carbocycles. The predicted octanol–water partition coefficient (Wildman–Crippen LogP) is 4.26. The minimum absolute atomic E-state index is 0.296. The van der Waals surface area contributed by atoms with E-state index >= 15 is 0 Å². The van der Waals surface area contributed by atoms with Gasteiger partial charge in [0.1, 0.15) is 5.75 Å². The van der Waals surface area contributed by atoms with Crippen LogP contribution >= 0.6 is 11.6 Å². The molecule has 3 N–H and O–H groups in total. The van der Waals surface area contributed by atoms with Gasteiger partial charge in [-0.3, -0.25) is 9.59 Å². The third kappa shape index (κ3) is 5.21. The molecule has 0 spiro atoms. The molecule has 0 aromatic heterocycles. The molecule has 154 valence electrons. The molecule has 3 aromatic rings. The Hall–Kier alpha value is -3.71. The zero-order valence-corrected chi connectivity index (χ0v) is 16.8. The average molecular weight is 427 g/mol. The number of methoxy groups -OCH3 is 1. The highest BCUT2D eigenvalue weighted by Crippen LogP contribution is 2.34. The molecule has 8 heteroatoms. The molecular formula is C22H19ClN2O5. The number of rotatable bonds is 8. The Morgan fingerprint density at radius 3 is 2.33 bits per heavy atom. The van der Waals surface area contributed by atoms with Gasteiger partial charge in [-0.15, -0.1) is 0 Å². The normalized spacial score (nSPS) is 10.2. The van der Waals surface area contributed by atoms with Crippen LogP contribution in [0.25, 0.3) is 0 Å². The molecule has 0 fully saturated rings. The fourth-order valence-electron chi connectivity index (χ4n) is 2.58.